The molecule has 23 heavy (non-hydrogen) atoms. The van der Waals surface area contributed by atoms with Crippen molar-refractivity contribution in [3.63, 3.8) is 0 Å². The predicted octanol–water partition coefficient (Wildman–Crippen LogP) is 3.58. The van der Waals surface area contributed by atoms with E-state index < -0.39 is 0 Å². The van der Waals surface area contributed by atoms with Crippen LogP contribution in [-0.2, 0) is 11.2 Å². The molecule has 0 bridgehead atoms. The number of rotatable bonds is 7. The average Bonchev–Trinajstić information content (AvgIpc) is 3.33. The van der Waals surface area contributed by atoms with Crippen LogP contribution in [0.3, 0.4) is 0 Å². The summed E-state index contributed by atoms with van der Waals surface area (Å²) in [5, 5.41) is 12.3. The third-order valence-corrected chi connectivity index (χ3v) is 4.88. The Kier molecular flexibility index (Phi) is 4.81. The van der Waals surface area contributed by atoms with E-state index in [1.54, 1.807) is 0 Å². The Hall–Kier alpha value is -2.08. The molecule has 2 aromatic rings. The number of carbonyl (C=O) groups is 2. The van der Waals surface area contributed by atoms with Gasteiger partial charge in [-0.3, -0.25) is 9.59 Å². The summed E-state index contributed by atoms with van der Waals surface area (Å²) in [4.78, 5) is 24.0. The molecule has 1 amide bonds. The van der Waals surface area contributed by atoms with Gasteiger partial charge in [-0.15, -0.1) is 10.2 Å². The molecular formula is C17H19N3O2S. The normalized spacial score (nSPS) is 13.8. The highest BCUT2D eigenvalue weighted by Crippen LogP contribution is 2.42. The van der Waals surface area contributed by atoms with Gasteiger partial charge in [-0.1, -0.05) is 42.5 Å². The minimum atomic E-state index is -0.193. The molecule has 1 fully saturated rings. The van der Waals surface area contributed by atoms with Crippen LogP contribution in [0.2, 0.25) is 0 Å². The smallest absolute Gasteiger partial charge is 0.226 e. The van der Waals surface area contributed by atoms with Crippen LogP contribution in [0.5, 0.6) is 0 Å². The van der Waals surface area contributed by atoms with Crippen molar-refractivity contribution in [2.45, 2.75) is 44.9 Å². The Bertz CT molecular complexity index is 705. The summed E-state index contributed by atoms with van der Waals surface area (Å²) in [5.74, 6) is 0.326. The lowest BCUT2D eigenvalue weighted by atomic mass is 10.0. The first-order valence-electron chi connectivity index (χ1n) is 7.91. The number of aromatic nitrogens is 2. The number of nitrogens with one attached hydrogen (secondary N) is 1. The third-order valence-electron chi connectivity index (χ3n) is 3.88. The van der Waals surface area contributed by atoms with Crippen LogP contribution in [0.1, 0.15) is 59.5 Å². The summed E-state index contributed by atoms with van der Waals surface area (Å²) >= 11 is 1.43. The number of aryl methyl sites for hydroxylation is 1. The summed E-state index contributed by atoms with van der Waals surface area (Å²) < 4.78 is 0. The number of ketones is 1. The van der Waals surface area contributed by atoms with Crippen LogP contribution in [0.25, 0.3) is 0 Å². The van der Waals surface area contributed by atoms with Crippen LogP contribution in [0.15, 0.2) is 24.3 Å². The standard InChI is InChI=1S/C17H19N3O2S/c1-2-11-3-5-12(6-4-11)14(21)9-10-15(22)18-17-20-19-16(23-17)13-7-8-13/h3-6,13H,2,7-10H2,1H3,(H,18,20,22). The second-order valence-electron chi connectivity index (χ2n) is 5.74. The van der Waals surface area contributed by atoms with Gasteiger partial charge in [0.25, 0.3) is 0 Å². The van der Waals surface area contributed by atoms with Crippen LogP contribution in [0.4, 0.5) is 5.13 Å². The Labute approximate surface area is 139 Å². The minimum Gasteiger partial charge on any atom is -0.301 e. The zero-order valence-electron chi connectivity index (χ0n) is 13.0. The molecule has 0 spiro atoms. The second kappa shape index (κ2) is 7.00. The van der Waals surface area contributed by atoms with Crippen molar-refractivity contribution >= 4 is 28.2 Å². The highest BCUT2D eigenvalue weighted by atomic mass is 32.1. The Morgan fingerprint density at radius 1 is 1.17 bits per heavy atom. The number of carbonyl (C=O) groups excluding carboxylic acids is 2. The zero-order valence-corrected chi connectivity index (χ0v) is 13.9. The molecule has 5 nitrogen and oxygen atoms in total. The first kappa shape index (κ1) is 15.8. The van der Waals surface area contributed by atoms with Crippen molar-refractivity contribution < 1.29 is 9.59 Å². The van der Waals surface area contributed by atoms with E-state index in [4.69, 9.17) is 0 Å². The summed E-state index contributed by atoms with van der Waals surface area (Å²) in [6.07, 6.45) is 3.63. The van der Waals surface area contributed by atoms with E-state index >= 15 is 0 Å². The topological polar surface area (TPSA) is 72.0 Å². The number of Topliss-reactive ketones (excluding diaryl/α,β-unsaturated/α-hetero) is 1. The monoisotopic (exact) mass is 329 g/mol. The van der Waals surface area contributed by atoms with Gasteiger partial charge in [0.2, 0.25) is 11.0 Å². The van der Waals surface area contributed by atoms with E-state index in [0.29, 0.717) is 16.6 Å². The van der Waals surface area contributed by atoms with Crippen LogP contribution >= 0.6 is 11.3 Å². The zero-order chi connectivity index (χ0) is 16.2. The average molecular weight is 329 g/mol. The van der Waals surface area contributed by atoms with Gasteiger partial charge in [0, 0.05) is 24.3 Å². The third kappa shape index (κ3) is 4.22. The van der Waals surface area contributed by atoms with Gasteiger partial charge in [-0.05, 0) is 24.8 Å². The van der Waals surface area contributed by atoms with E-state index in [1.165, 1.54) is 16.9 Å². The van der Waals surface area contributed by atoms with Gasteiger partial charge < -0.3 is 5.32 Å². The maximum absolute atomic E-state index is 12.1. The number of hydrogen-bond donors (Lipinski definition) is 1. The van der Waals surface area contributed by atoms with Crippen molar-refractivity contribution in [2.24, 2.45) is 0 Å². The minimum absolute atomic E-state index is 0.0151. The highest BCUT2D eigenvalue weighted by Gasteiger charge is 2.27. The molecule has 1 N–H and O–H groups in total. The van der Waals surface area contributed by atoms with Gasteiger partial charge in [0.1, 0.15) is 5.01 Å². The molecule has 1 saturated carbocycles. The maximum Gasteiger partial charge on any atom is 0.226 e. The molecule has 1 aliphatic carbocycles. The van der Waals surface area contributed by atoms with Crippen LogP contribution in [-0.4, -0.2) is 21.9 Å². The van der Waals surface area contributed by atoms with Gasteiger partial charge >= 0.3 is 0 Å². The van der Waals surface area contributed by atoms with Crippen LogP contribution < -0.4 is 5.32 Å². The number of hydrogen-bond acceptors (Lipinski definition) is 5. The largest absolute Gasteiger partial charge is 0.301 e. The molecule has 120 valence electrons. The van der Waals surface area contributed by atoms with Crippen LogP contribution in [0, 0.1) is 0 Å². The lowest BCUT2D eigenvalue weighted by Crippen LogP contribution is -2.13. The highest BCUT2D eigenvalue weighted by molar-refractivity contribution is 7.15. The quantitative estimate of drug-likeness (QED) is 0.788. The van der Waals surface area contributed by atoms with Crippen molar-refractivity contribution in [1.29, 1.82) is 0 Å². The lowest BCUT2D eigenvalue weighted by Gasteiger charge is -2.03. The SMILES string of the molecule is CCc1ccc(C(=O)CCC(=O)Nc2nnc(C3CC3)s2)cc1. The van der Waals surface area contributed by atoms with Crippen molar-refractivity contribution in [2.75, 3.05) is 5.32 Å². The van der Waals surface area contributed by atoms with Crippen molar-refractivity contribution in [3.05, 3.63) is 40.4 Å². The van der Waals surface area contributed by atoms with E-state index in [-0.39, 0.29) is 24.5 Å². The van der Waals surface area contributed by atoms with Crippen molar-refractivity contribution in [1.82, 2.24) is 10.2 Å². The fourth-order valence-corrected chi connectivity index (χ4v) is 3.19. The first-order valence-corrected chi connectivity index (χ1v) is 8.72. The fraction of sp³-hybridized carbons (Fsp3) is 0.412. The molecule has 1 heterocycles. The van der Waals surface area contributed by atoms with Gasteiger partial charge in [-0.2, -0.15) is 0 Å². The maximum atomic E-state index is 12.1. The Balaban J connectivity index is 1.48. The Morgan fingerprint density at radius 2 is 1.91 bits per heavy atom. The summed E-state index contributed by atoms with van der Waals surface area (Å²) in [5.41, 5.74) is 1.85. The lowest BCUT2D eigenvalue weighted by molar-refractivity contribution is -0.116. The van der Waals surface area contributed by atoms with Crippen molar-refractivity contribution in [3.8, 4) is 0 Å². The summed E-state index contributed by atoms with van der Waals surface area (Å²) in [7, 11) is 0. The molecule has 1 aliphatic rings. The second-order valence-corrected chi connectivity index (χ2v) is 6.75. The number of amides is 1. The molecule has 1 aromatic heterocycles. The van der Waals surface area contributed by atoms with Gasteiger partial charge in [0.15, 0.2) is 5.78 Å². The number of anilines is 1. The molecule has 1 aromatic carbocycles. The number of benzene rings is 1. The van der Waals surface area contributed by atoms with Gasteiger partial charge in [-0.25, -0.2) is 0 Å². The fourth-order valence-electron chi connectivity index (χ4n) is 2.26. The summed E-state index contributed by atoms with van der Waals surface area (Å²) in [6, 6.07) is 7.55. The van der Waals surface area contributed by atoms with E-state index in [2.05, 4.69) is 22.4 Å². The summed E-state index contributed by atoms with van der Waals surface area (Å²) in [6.45, 7) is 2.07. The molecular weight excluding hydrogens is 310 g/mol. The first-order chi connectivity index (χ1) is 11.2. The Morgan fingerprint density at radius 3 is 2.57 bits per heavy atom. The van der Waals surface area contributed by atoms with E-state index in [1.807, 2.05) is 24.3 Å². The molecule has 0 radical (unpaired) electrons. The molecule has 0 atom stereocenters. The van der Waals surface area contributed by atoms with Gasteiger partial charge in [0.05, 0.1) is 0 Å². The van der Waals surface area contributed by atoms with E-state index in [9.17, 15) is 9.59 Å². The van der Waals surface area contributed by atoms with E-state index in [0.717, 1.165) is 24.3 Å². The molecule has 0 saturated heterocycles. The molecule has 0 unspecified atom stereocenters. The molecule has 3 rings (SSSR count). The molecule has 6 heteroatoms. The predicted molar refractivity (Wildman–Crippen MR) is 89.9 cm³/mol. The molecule has 0 aliphatic heterocycles. The number of nitrogens with zero attached hydrogens (tertiary/aromatic N) is 2.